The van der Waals surface area contributed by atoms with E-state index in [1.807, 2.05) is 43.3 Å². The van der Waals surface area contributed by atoms with E-state index in [1.54, 1.807) is 6.07 Å². The molecule has 0 bridgehead atoms. The second-order valence-electron chi connectivity index (χ2n) is 6.70. The number of aliphatic hydroxyl groups is 2. The minimum atomic E-state index is -0.542. The average Bonchev–Trinajstić information content (AvgIpc) is 2.64. The van der Waals surface area contributed by atoms with E-state index in [9.17, 15) is 15.3 Å². The zero-order valence-electron chi connectivity index (χ0n) is 15.0. The van der Waals surface area contributed by atoms with Crippen LogP contribution in [0.3, 0.4) is 0 Å². The molecule has 1 fully saturated rings. The van der Waals surface area contributed by atoms with Crippen LogP contribution in [-0.2, 0) is 11.2 Å². The lowest BCUT2D eigenvalue weighted by molar-refractivity contribution is -0.114. The molecule has 5 nitrogen and oxygen atoms in total. The highest BCUT2D eigenvalue weighted by molar-refractivity contribution is 5.40. The normalized spacial score (nSPS) is 23.0. The Morgan fingerprint density at radius 1 is 1.08 bits per heavy atom. The molecule has 1 saturated heterocycles. The summed E-state index contributed by atoms with van der Waals surface area (Å²) in [5.41, 5.74) is 2.85. The summed E-state index contributed by atoms with van der Waals surface area (Å²) >= 11 is 0. The summed E-state index contributed by atoms with van der Waals surface area (Å²) in [7, 11) is 0. The summed E-state index contributed by atoms with van der Waals surface area (Å²) in [6, 6.07) is 13.4. The Labute approximate surface area is 153 Å². The minimum Gasteiger partial charge on any atom is -0.508 e. The maximum absolute atomic E-state index is 10.3. The Kier molecular flexibility index (Phi) is 6.14. The second kappa shape index (κ2) is 8.54. The Morgan fingerprint density at radius 2 is 1.81 bits per heavy atom. The van der Waals surface area contributed by atoms with Gasteiger partial charge in [0.15, 0.2) is 0 Å². The maximum atomic E-state index is 10.3. The van der Waals surface area contributed by atoms with Crippen LogP contribution in [-0.4, -0.2) is 40.7 Å². The topological polar surface area (TPSA) is 79.2 Å². The van der Waals surface area contributed by atoms with Crippen molar-refractivity contribution in [2.75, 3.05) is 13.2 Å². The minimum absolute atomic E-state index is 0.139. The lowest BCUT2D eigenvalue weighted by Crippen LogP contribution is -2.33. The first kappa shape index (κ1) is 18.7. The molecule has 5 heteroatoms. The van der Waals surface area contributed by atoms with Crippen LogP contribution in [0.1, 0.15) is 42.6 Å². The van der Waals surface area contributed by atoms with E-state index in [0.29, 0.717) is 25.0 Å². The molecule has 0 spiro atoms. The summed E-state index contributed by atoms with van der Waals surface area (Å²) in [4.78, 5) is 0. The molecule has 0 aliphatic carbocycles. The molecule has 2 aromatic rings. The van der Waals surface area contributed by atoms with Gasteiger partial charge >= 0.3 is 0 Å². The monoisotopic (exact) mass is 358 g/mol. The van der Waals surface area contributed by atoms with E-state index in [4.69, 9.17) is 9.47 Å². The zero-order chi connectivity index (χ0) is 18.5. The first-order chi connectivity index (χ1) is 12.6. The third-order valence-electron chi connectivity index (χ3n) is 4.66. The predicted octanol–water partition coefficient (Wildman–Crippen LogP) is 2.96. The average molecular weight is 358 g/mol. The van der Waals surface area contributed by atoms with Gasteiger partial charge in [0.25, 0.3) is 0 Å². The summed E-state index contributed by atoms with van der Waals surface area (Å²) in [5, 5.41) is 29.6. The lowest BCUT2D eigenvalue weighted by atomic mass is 9.93. The molecule has 1 aliphatic heterocycles. The highest BCUT2D eigenvalue weighted by Crippen LogP contribution is 2.36. The van der Waals surface area contributed by atoms with Gasteiger partial charge in [0, 0.05) is 18.4 Å². The van der Waals surface area contributed by atoms with Gasteiger partial charge in [0.1, 0.15) is 11.5 Å². The van der Waals surface area contributed by atoms with Gasteiger partial charge in [-0.3, -0.25) is 0 Å². The third-order valence-corrected chi connectivity index (χ3v) is 4.66. The molecule has 1 heterocycles. The maximum Gasteiger partial charge on any atom is 0.121 e. The SMILES string of the molecule is CCOc1ccc(Cc2ccc(O)c(C3CC(O)CC(CO)O3)c2)cc1. The van der Waals surface area contributed by atoms with E-state index in [0.717, 1.165) is 23.3 Å². The van der Waals surface area contributed by atoms with Gasteiger partial charge < -0.3 is 24.8 Å². The molecule has 0 saturated carbocycles. The molecule has 3 atom stereocenters. The smallest absolute Gasteiger partial charge is 0.121 e. The molecule has 3 N–H and O–H groups in total. The van der Waals surface area contributed by atoms with E-state index in [2.05, 4.69) is 0 Å². The highest BCUT2D eigenvalue weighted by Gasteiger charge is 2.30. The number of hydrogen-bond acceptors (Lipinski definition) is 5. The van der Waals surface area contributed by atoms with Crippen LogP contribution in [0.15, 0.2) is 42.5 Å². The van der Waals surface area contributed by atoms with Crippen LogP contribution in [0.25, 0.3) is 0 Å². The van der Waals surface area contributed by atoms with Gasteiger partial charge in [-0.05, 0) is 48.7 Å². The first-order valence-corrected chi connectivity index (χ1v) is 9.07. The molecule has 1 aliphatic rings. The molecule has 0 radical (unpaired) electrons. The fourth-order valence-corrected chi connectivity index (χ4v) is 3.39. The van der Waals surface area contributed by atoms with Gasteiger partial charge in [-0.2, -0.15) is 0 Å². The summed E-state index contributed by atoms with van der Waals surface area (Å²) in [6.45, 7) is 2.46. The van der Waals surface area contributed by atoms with Gasteiger partial charge in [0.2, 0.25) is 0 Å². The number of ether oxygens (including phenoxy) is 2. The van der Waals surface area contributed by atoms with E-state index >= 15 is 0 Å². The number of benzene rings is 2. The van der Waals surface area contributed by atoms with Crippen LogP contribution in [0.2, 0.25) is 0 Å². The Morgan fingerprint density at radius 3 is 2.50 bits per heavy atom. The van der Waals surface area contributed by atoms with Crippen LogP contribution in [0, 0.1) is 0 Å². The van der Waals surface area contributed by atoms with Gasteiger partial charge in [-0.15, -0.1) is 0 Å². The third kappa shape index (κ3) is 4.55. The van der Waals surface area contributed by atoms with Crippen molar-refractivity contribution in [1.29, 1.82) is 0 Å². The Hall–Kier alpha value is -2.08. The van der Waals surface area contributed by atoms with Crippen molar-refractivity contribution in [3.63, 3.8) is 0 Å². The summed E-state index contributed by atoms with van der Waals surface area (Å²) in [5.74, 6) is 0.999. The largest absolute Gasteiger partial charge is 0.508 e. The fourth-order valence-electron chi connectivity index (χ4n) is 3.39. The van der Waals surface area contributed by atoms with Crippen molar-refractivity contribution in [3.05, 3.63) is 59.2 Å². The van der Waals surface area contributed by atoms with Gasteiger partial charge in [-0.1, -0.05) is 18.2 Å². The van der Waals surface area contributed by atoms with Crippen LogP contribution >= 0.6 is 0 Å². The fraction of sp³-hybridized carbons (Fsp3) is 0.429. The van der Waals surface area contributed by atoms with E-state index < -0.39 is 18.3 Å². The van der Waals surface area contributed by atoms with Crippen LogP contribution in [0.4, 0.5) is 0 Å². The number of aromatic hydroxyl groups is 1. The molecule has 0 amide bonds. The molecule has 3 unspecified atom stereocenters. The van der Waals surface area contributed by atoms with Gasteiger partial charge in [0.05, 0.1) is 31.5 Å². The van der Waals surface area contributed by atoms with E-state index in [-0.39, 0.29) is 12.4 Å². The van der Waals surface area contributed by atoms with Crippen molar-refractivity contribution in [2.24, 2.45) is 0 Å². The molecule has 0 aromatic heterocycles. The molecule has 3 rings (SSSR count). The molecule has 140 valence electrons. The van der Waals surface area contributed by atoms with Crippen molar-refractivity contribution < 1.29 is 24.8 Å². The standard InChI is InChI=1S/C21H26O5/c1-2-25-17-6-3-14(4-7-17)9-15-5-8-20(24)19(10-15)21-12-16(23)11-18(13-22)26-21/h3-8,10,16,18,21-24H,2,9,11-13H2,1H3. The number of aliphatic hydroxyl groups excluding tert-OH is 2. The molecular formula is C21H26O5. The quantitative estimate of drug-likeness (QED) is 0.740. The second-order valence-corrected chi connectivity index (χ2v) is 6.70. The summed E-state index contributed by atoms with van der Waals surface area (Å²) < 4.78 is 11.3. The number of hydrogen-bond donors (Lipinski definition) is 3. The predicted molar refractivity (Wildman–Crippen MR) is 98.5 cm³/mol. The van der Waals surface area contributed by atoms with Crippen molar-refractivity contribution in [3.8, 4) is 11.5 Å². The van der Waals surface area contributed by atoms with Gasteiger partial charge in [-0.25, -0.2) is 0 Å². The first-order valence-electron chi connectivity index (χ1n) is 9.07. The van der Waals surface area contributed by atoms with Crippen LogP contribution < -0.4 is 4.74 Å². The van der Waals surface area contributed by atoms with Crippen LogP contribution in [0.5, 0.6) is 11.5 Å². The zero-order valence-corrected chi connectivity index (χ0v) is 15.0. The van der Waals surface area contributed by atoms with Crippen molar-refractivity contribution >= 4 is 0 Å². The lowest BCUT2D eigenvalue weighted by Gasteiger charge is -2.33. The molecule has 26 heavy (non-hydrogen) atoms. The number of phenolic OH excluding ortho intramolecular Hbond substituents is 1. The summed E-state index contributed by atoms with van der Waals surface area (Å²) in [6.07, 6.45) is 0.184. The number of phenols is 1. The molecule has 2 aromatic carbocycles. The Balaban J connectivity index is 1.76. The highest BCUT2D eigenvalue weighted by atomic mass is 16.5. The van der Waals surface area contributed by atoms with Crippen molar-refractivity contribution in [2.45, 2.75) is 44.5 Å². The van der Waals surface area contributed by atoms with Crippen molar-refractivity contribution in [1.82, 2.24) is 0 Å². The number of rotatable bonds is 6. The van der Waals surface area contributed by atoms with E-state index in [1.165, 1.54) is 0 Å². The molecular weight excluding hydrogens is 332 g/mol. The Bertz CT molecular complexity index is 713.